The van der Waals surface area contributed by atoms with Crippen molar-refractivity contribution in [3.05, 3.63) is 0 Å². The molecule has 0 saturated carbocycles. The molecular weight excluding hydrogens is 372 g/mol. The van der Waals surface area contributed by atoms with Gasteiger partial charge in [-0.2, -0.15) is 0 Å². The van der Waals surface area contributed by atoms with Crippen molar-refractivity contribution in [2.45, 2.75) is 0 Å². The van der Waals surface area contributed by atoms with Crippen LogP contribution in [-0.4, -0.2) is 18.0 Å². The fraction of sp³-hybridized carbons (Fsp3) is 0. The van der Waals surface area contributed by atoms with Crippen molar-refractivity contribution in [3.63, 3.8) is 0 Å². The molecule has 0 spiro atoms. The minimum absolute atomic E-state index is 0. The molecule has 0 aliphatic heterocycles. The molecule has 0 rings (SSSR count). The van der Waals surface area contributed by atoms with Gasteiger partial charge in [-0.05, 0) is 0 Å². The zero-order chi connectivity index (χ0) is 10.7. The summed E-state index contributed by atoms with van der Waals surface area (Å²) in [5, 5.41) is 0. The Kier molecular flexibility index (Phi) is 34.1. The van der Waals surface area contributed by atoms with Gasteiger partial charge < -0.3 is 0 Å². The Morgan fingerprint density at radius 2 is 0.538 bits per heavy atom. The summed E-state index contributed by atoms with van der Waals surface area (Å²) in [6, 6.07) is 0. The van der Waals surface area contributed by atoms with Gasteiger partial charge in [-0.15, -0.1) is 0 Å². The summed E-state index contributed by atoms with van der Waals surface area (Å²) in [6.07, 6.45) is 0. The van der Waals surface area contributed by atoms with E-state index in [9.17, 15) is 0 Å². The topological polar surface area (TPSA) is 172 Å². The summed E-state index contributed by atoms with van der Waals surface area (Å²) in [7, 11) is 0. The van der Waals surface area contributed by atoms with Crippen LogP contribution in [0.5, 0.6) is 0 Å². The Hall–Kier alpha value is 0.992. The molecule has 9 nitrogen and oxygen atoms in total. The second-order valence-electron chi connectivity index (χ2n) is 0.671. The molecular formula is H6AsO9V3. The number of rotatable bonds is 0. The van der Waals surface area contributed by atoms with E-state index in [4.69, 9.17) is 34.1 Å². The Morgan fingerprint density at radius 3 is 0.538 bits per heavy atom. The summed E-state index contributed by atoms with van der Waals surface area (Å²) in [5.74, 6) is 0. The Labute approximate surface area is 97.5 Å². The first-order valence-corrected chi connectivity index (χ1v) is 6.77. The van der Waals surface area contributed by atoms with Gasteiger partial charge in [0, 0.05) is 0 Å². The third kappa shape index (κ3) is 1600. The Balaban J connectivity index is -0.0000000450. The third-order valence-electron chi connectivity index (χ3n) is 0. The van der Waals surface area contributed by atoms with E-state index in [1.807, 2.05) is 0 Å². The standard InChI is InChI=1S/AsH6.9O.3V/h1H6;;;;;;;;;;;;/q+3;;;;;;;3*-1;;;. The first-order chi connectivity index (χ1) is 5.20. The van der Waals surface area contributed by atoms with Gasteiger partial charge in [-0.25, -0.2) is 0 Å². The quantitative estimate of drug-likeness (QED) is 0.372. The van der Waals surface area contributed by atoms with Crippen molar-refractivity contribution < 1.29 is 80.3 Å². The van der Waals surface area contributed by atoms with Gasteiger partial charge in [0.05, 0.1) is 0 Å². The van der Waals surface area contributed by atoms with Gasteiger partial charge in [-0.3, -0.25) is 0 Å². The fourth-order valence-corrected chi connectivity index (χ4v) is 0. The predicted octanol–water partition coefficient (Wildman–Crippen LogP) is -6.27. The first-order valence-electron chi connectivity index (χ1n) is 1.64. The molecule has 0 heterocycles. The molecule has 0 bridgehead atoms. The van der Waals surface area contributed by atoms with Crippen LogP contribution in [0.1, 0.15) is 0 Å². The molecule has 80 valence electrons. The average Bonchev–Trinajstić information content (AvgIpc) is 1.54. The number of hydrogen-bond acceptors (Lipinski definition) is 9. The van der Waals surface area contributed by atoms with Crippen LogP contribution in [0, 0.1) is 0 Å². The van der Waals surface area contributed by atoms with Crippen molar-refractivity contribution in [2.24, 2.45) is 0 Å². The van der Waals surface area contributed by atoms with Crippen molar-refractivity contribution >= 4 is 18.0 Å². The molecule has 0 fully saturated rings. The summed E-state index contributed by atoms with van der Waals surface area (Å²) in [6.45, 7) is 0. The molecule has 0 aromatic heterocycles. The van der Waals surface area contributed by atoms with E-state index in [0.717, 1.165) is 0 Å². The first kappa shape index (κ1) is 23.7. The summed E-state index contributed by atoms with van der Waals surface area (Å²) < 4.78 is 77.1. The van der Waals surface area contributed by atoms with Gasteiger partial charge in [0.25, 0.3) is 0 Å². The SMILES string of the molecule is [AsH6+3].[O]=[V](=[O])[O-].[O]=[V](=[O])[O-].[O]=[V](=[O])[O-]. The molecule has 13 heavy (non-hydrogen) atoms. The zero-order valence-electron chi connectivity index (χ0n) is 5.02. The number of hydrogen-bond donors (Lipinski definition) is 0. The van der Waals surface area contributed by atoms with Crippen LogP contribution in [0.25, 0.3) is 0 Å². The van der Waals surface area contributed by atoms with Crippen molar-refractivity contribution in [2.75, 3.05) is 0 Å². The summed E-state index contributed by atoms with van der Waals surface area (Å²) >= 11 is -11.8. The van der Waals surface area contributed by atoms with Crippen molar-refractivity contribution in [3.8, 4) is 0 Å². The van der Waals surface area contributed by atoms with E-state index in [1.165, 1.54) is 0 Å². The Bertz CT molecular complexity index is 208. The normalized spacial score (nSPS) is 5.77. The van der Waals surface area contributed by atoms with Gasteiger partial charge in [0.15, 0.2) is 0 Å². The maximum absolute atomic E-state index is 8.56. The van der Waals surface area contributed by atoms with E-state index in [2.05, 4.69) is 0 Å². The monoisotopic (exact) mass is 378 g/mol. The molecule has 0 saturated heterocycles. The van der Waals surface area contributed by atoms with E-state index in [-0.39, 0.29) is 18.0 Å². The van der Waals surface area contributed by atoms with Crippen LogP contribution in [0.15, 0.2) is 0 Å². The van der Waals surface area contributed by atoms with E-state index in [1.54, 1.807) is 0 Å². The minimum atomic E-state index is -3.94. The Morgan fingerprint density at radius 1 is 0.538 bits per heavy atom. The molecule has 0 aromatic carbocycles. The molecule has 0 aliphatic rings. The second-order valence-corrected chi connectivity index (χ2v) is 2.77. The van der Waals surface area contributed by atoms with Gasteiger partial charge in [0.1, 0.15) is 0 Å². The molecule has 0 N–H and O–H groups in total. The average molecular weight is 378 g/mol. The zero-order valence-corrected chi connectivity index (χ0v) is 9.21. The van der Waals surface area contributed by atoms with Crippen LogP contribution in [0.2, 0.25) is 0 Å². The van der Waals surface area contributed by atoms with Crippen LogP contribution in [0.3, 0.4) is 0 Å². The van der Waals surface area contributed by atoms with Crippen molar-refractivity contribution in [1.29, 1.82) is 0 Å². The molecule has 0 amide bonds. The molecule has 13 heteroatoms. The van der Waals surface area contributed by atoms with E-state index >= 15 is 0 Å². The third-order valence-corrected chi connectivity index (χ3v) is 0. The predicted molar refractivity (Wildman–Crippen MR) is 18.2 cm³/mol. The molecule has 0 unspecified atom stereocenters. The second kappa shape index (κ2) is 18.7. The molecule has 0 aliphatic carbocycles. The van der Waals surface area contributed by atoms with Gasteiger partial charge in [-0.1, -0.05) is 0 Å². The maximum atomic E-state index is 8.56. The van der Waals surface area contributed by atoms with Crippen molar-refractivity contribution in [1.82, 2.24) is 0 Å². The summed E-state index contributed by atoms with van der Waals surface area (Å²) in [5.41, 5.74) is 0. The van der Waals surface area contributed by atoms with Gasteiger partial charge in [0.2, 0.25) is 0 Å². The summed E-state index contributed by atoms with van der Waals surface area (Å²) in [4.78, 5) is 0. The van der Waals surface area contributed by atoms with Gasteiger partial charge >= 0.3 is 98.3 Å². The van der Waals surface area contributed by atoms with E-state index in [0.29, 0.717) is 0 Å². The fourth-order valence-electron chi connectivity index (χ4n) is 0. The molecule has 0 atom stereocenters. The van der Waals surface area contributed by atoms with Crippen LogP contribution >= 0.6 is 0 Å². The van der Waals surface area contributed by atoms with Crippen LogP contribution < -0.4 is 12.1 Å². The van der Waals surface area contributed by atoms with Crippen LogP contribution in [0.4, 0.5) is 0 Å². The van der Waals surface area contributed by atoms with E-state index < -0.39 is 46.2 Å². The molecule has 0 radical (unpaired) electrons. The molecule has 0 aromatic rings. The van der Waals surface area contributed by atoms with Crippen LogP contribution in [-0.2, 0) is 68.2 Å².